The van der Waals surface area contributed by atoms with Gasteiger partial charge in [0.05, 0.1) is 13.2 Å². The van der Waals surface area contributed by atoms with Gasteiger partial charge in [-0.15, -0.1) is 0 Å². The second kappa shape index (κ2) is 5.94. The Morgan fingerprint density at radius 2 is 2.33 bits per heavy atom. The highest BCUT2D eigenvalue weighted by Gasteiger charge is 2.13. The number of hydrogen-bond donors (Lipinski definition) is 1. The predicted molar refractivity (Wildman–Crippen MR) is 67.0 cm³/mol. The molecule has 18 heavy (non-hydrogen) atoms. The number of aliphatic hydroxyl groups is 1. The SMILES string of the molecule is COCCN(CCO)c1cc(Cl)nc2ncnn12. The molecular weight excluding hydrogens is 258 g/mol. The summed E-state index contributed by atoms with van der Waals surface area (Å²) in [5, 5.41) is 13.5. The number of ether oxygens (including phenoxy) is 1. The zero-order valence-corrected chi connectivity index (χ0v) is 10.7. The first-order valence-electron chi connectivity index (χ1n) is 5.47. The summed E-state index contributed by atoms with van der Waals surface area (Å²) in [7, 11) is 1.63. The minimum absolute atomic E-state index is 0.0276. The van der Waals surface area contributed by atoms with Crippen molar-refractivity contribution in [1.82, 2.24) is 19.6 Å². The lowest BCUT2D eigenvalue weighted by atomic mass is 10.4. The smallest absolute Gasteiger partial charge is 0.255 e. The number of anilines is 1. The van der Waals surface area contributed by atoms with E-state index in [0.29, 0.717) is 30.6 Å². The van der Waals surface area contributed by atoms with Gasteiger partial charge in [-0.2, -0.15) is 19.6 Å². The standard InChI is InChI=1S/C10H14ClN5O2/c1-18-5-3-15(2-4-17)9-6-8(11)14-10-12-7-13-16(9)10/h6-7,17H,2-5H2,1H3. The van der Waals surface area contributed by atoms with Crippen LogP contribution < -0.4 is 4.90 Å². The molecule has 0 aliphatic heterocycles. The van der Waals surface area contributed by atoms with Gasteiger partial charge in [-0.3, -0.25) is 0 Å². The second-order valence-corrected chi connectivity index (χ2v) is 4.00. The lowest BCUT2D eigenvalue weighted by Gasteiger charge is -2.23. The maximum absolute atomic E-state index is 9.11. The summed E-state index contributed by atoms with van der Waals surface area (Å²) in [5.41, 5.74) is 0. The van der Waals surface area contributed by atoms with Crippen molar-refractivity contribution in [3.05, 3.63) is 17.5 Å². The summed E-state index contributed by atoms with van der Waals surface area (Å²) in [6, 6.07) is 1.69. The van der Waals surface area contributed by atoms with E-state index in [0.717, 1.165) is 5.82 Å². The Hall–Kier alpha value is -1.44. The molecule has 0 aromatic carbocycles. The van der Waals surface area contributed by atoms with E-state index in [2.05, 4.69) is 15.1 Å². The minimum Gasteiger partial charge on any atom is -0.395 e. The molecule has 0 aliphatic rings. The van der Waals surface area contributed by atoms with Gasteiger partial charge >= 0.3 is 0 Å². The largest absolute Gasteiger partial charge is 0.395 e. The molecular formula is C10H14ClN5O2. The maximum Gasteiger partial charge on any atom is 0.255 e. The second-order valence-electron chi connectivity index (χ2n) is 3.61. The van der Waals surface area contributed by atoms with Crippen molar-refractivity contribution < 1.29 is 9.84 Å². The molecule has 0 saturated heterocycles. The zero-order valence-electron chi connectivity index (χ0n) is 9.95. The lowest BCUT2D eigenvalue weighted by molar-refractivity contribution is 0.202. The Balaban J connectivity index is 2.38. The number of aromatic nitrogens is 4. The molecule has 0 fully saturated rings. The average Bonchev–Trinajstić information content (AvgIpc) is 2.81. The first-order chi connectivity index (χ1) is 8.76. The molecule has 0 amide bonds. The monoisotopic (exact) mass is 271 g/mol. The van der Waals surface area contributed by atoms with Crippen LogP contribution in [0, 0.1) is 0 Å². The molecule has 98 valence electrons. The van der Waals surface area contributed by atoms with Crippen LogP contribution in [0.2, 0.25) is 5.15 Å². The van der Waals surface area contributed by atoms with Crippen LogP contribution in [0.15, 0.2) is 12.4 Å². The quantitative estimate of drug-likeness (QED) is 0.758. The summed E-state index contributed by atoms with van der Waals surface area (Å²) in [6.45, 7) is 1.64. The van der Waals surface area contributed by atoms with Crippen LogP contribution in [-0.4, -0.2) is 58.1 Å². The molecule has 0 aliphatic carbocycles. The number of methoxy groups -OCH3 is 1. The van der Waals surface area contributed by atoms with E-state index in [1.807, 2.05) is 4.90 Å². The van der Waals surface area contributed by atoms with E-state index in [-0.39, 0.29) is 6.61 Å². The van der Waals surface area contributed by atoms with Gasteiger partial charge in [0.2, 0.25) is 0 Å². The highest BCUT2D eigenvalue weighted by atomic mass is 35.5. The first-order valence-corrected chi connectivity index (χ1v) is 5.85. The number of fused-ring (bicyclic) bond motifs is 1. The predicted octanol–water partition coefficient (Wildman–Crippen LogP) is 0.223. The Labute approximate surface area is 109 Å². The van der Waals surface area contributed by atoms with E-state index in [1.54, 1.807) is 17.7 Å². The van der Waals surface area contributed by atoms with Crippen molar-refractivity contribution in [2.45, 2.75) is 0 Å². The number of hydrogen-bond acceptors (Lipinski definition) is 6. The van der Waals surface area contributed by atoms with Crippen LogP contribution in [0.1, 0.15) is 0 Å². The Morgan fingerprint density at radius 1 is 1.50 bits per heavy atom. The van der Waals surface area contributed by atoms with Gasteiger partial charge in [0.15, 0.2) is 0 Å². The van der Waals surface area contributed by atoms with Gasteiger partial charge in [-0.05, 0) is 0 Å². The molecule has 0 radical (unpaired) electrons. The number of aliphatic hydroxyl groups excluding tert-OH is 1. The van der Waals surface area contributed by atoms with Crippen molar-refractivity contribution in [2.75, 3.05) is 38.3 Å². The molecule has 0 unspecified atom stereocenters. The number of rotatable bonds is 6. The molecule has 2 rings (SSSR count). The fourth-order valence-electron chi connectivity index (χ4n) is 1.66. The topological polar surface area (TPSA) is 75.8 Å². The van der Waals surface area contributed by atoms with E-state index in [1.165, 1.54) is 6.33 Å². The van der Waals surface area contributed by atoms with Crippen molar-refractivity contribution in [3.63, 3.8) is 0 Å². The normalized spacial score (nSPS) is 11.1. The molecule has 1 N–H and O–H groups in total. The Kier molecular flexibility index (Phi) is 4.29. The molecule has 0 spiro atoms. The van der Waals surface area contributed by atoms with E-state index < -0.39 is 0 Å². The third-order valence-corrected chi connectivity index (χ3v) is 2.65. The van der Waals surface area contributed by atoms with Crippen LogP contribution in [0.5, 0.6) is 0 Å². The van der Waals surface area contributed by atoms with Crippen molar-refractivity contribution in [2.24, 2.45) is 0 Å². The molecule has 2 aromatic rings. The van der Waals surface area contributed by atoms with Gasteiger partial charge in [0.25, 0.3) is 5.78 Å². The Bertz CT molecular complexity index is 518. The van der Waals surface area contributed by atoms with E-state index in [4.69, 9.17) is 21.4 Å². The van der Waals surface area contributed by atoms with Crippen LogP contribution in [0.3, 0.4) is 0 Å². The first kappa shape index (κ1) is 13.0. The summed E-state index contributed by atoms with van der Waals surface area (Å²) >= 11 is 5.95. The minimum atomic E-state index is 0.0276. The van der Waals surface area contributed by atoms with Crippen LogP contribution >= 0.6 is 11.6 Å². The van der Waals surface area contributed by atoms with Crippen LogP contribution in [0.25, 0.3) is 5.78 Å². The zero-order chi connectivity index (χ0) is 13.0. The fourth-order valence-corrected chi connectivity index (χ4v) is 1.83. The van der Waals surface area contributed by atoms with E-state index in [9.17, 15) is 0 Å². The lowest BCUT2D eigenvalue weighted by Crippen LogP contribution is -2.32. The fraction of sp³-hybridized carbons (Fsp3) is 0.500. The molecule has 2 heterocycles. The maximum atomic E-state index is 9.11. The summed E-state index contributed by atoms with van der Waals surface area (Å²) in [4.78, 5) is 9.97. The van der Waals surface area contributed by atoms with Gasteiger partial charge in [-0.25, -0.2) is 0 Å². The highest BCUT2D eigenvalue weighted by Crippen LogP contribution is 2.18. The summed E-state index contributed by atoms with van der Waals surface area (Å²) < 4.78 is 6.63. The van der Waals surface area contributed by atoms with Crippen molar-refractivity contribution >= 4 is 23.2 Å². The Morgan fingerprint density at radius 3 is 3.06 bits per heavy atom. The number of nitrogens with zero attached hydrogens (tertiary/aromatic N) is 5. The summed E-state index contributed by atoms with van der Waals surface area (Å²) in [6.07, 6.45) is 1.41. The third kappa shape index (κ3) is 2.69. The molecule has 0 atom stereocenters. The highest BCUT2D eigenvalue weighted by molar-refractivity contribution is 6.29. The molecule has 0 saturated carbocycles. The molecule has 0 bridgehead atoms. The van der Waals surface area contributed by atoms with Crippen molar-refractivity contribution in [1.29, 1.82) is 0 Å². The van der Waals surface area contributed by atoms with Crippen LogP contribution in [0.4, 0.5) is 5.82 Å². The van der Waals surface area contributed by atoms with Crippen molar-refractivity contribution in [3.8, 4) is 0 Å². The van der Waals surface area contributed by atoms with Gasteiger partial charge in [0.1, 0.15) is 17.3 Å². The average molecular weight is 272 g/mol. The third-order valence-electron chi connectivity index (χ3n) is 2.46. The molecule has 8 heteroatoms. The van der Waals surface area contributed by atoms with E-state index >= 15 is 0 Å². The number of halogens is 1. The molecule has 7 nitrogen and oxygen atoms in total. The van der Waals surface area contributed by atoms with Crippen LogP contribution in [-0.2, 0) is 4.74 Å². The van der Waals surface area contributed by atoms with Gasteiger partial charge in [-0.1, -0.05) is 11.6 Å². The summed E-state index contributed by atoms with van der Waals surface area (Å²) in [5.74, 6) is 1.16. The van der Waals surface area contributed by atoms with Gasteiger partial charge in [0, 0.05) is 26.3 Å². The van der Waals surface area contributed by atoms with Gasteiger partial charge < -0.3 is 14.7 Å². The molecule has 2 aromatic heterocycles.